The SMILES string of the molecule is O=S(=O)(c1csc(CCl)c1)N1CCN(c2nccs2)CC1. The topological polar surface area (TPSA) is 53.5 Å². The molecule has 5 nitrogen and oxygen atoms in total. The molecular formula is C12H14ClN3O2S3. The Labute approximate surface area is 136 Å². The van der Waals surface area contributed by atoms with Crippen LogP contribution >= 0.6 is 34.3 Å². The zero-order valence-corrected chi connectivity index (χ0v) is 14.3. The number of anilines is 1. The lowest BCUT2D eigenvalue weighted by Gasteiger charge is -2.33. The average Bonchev–Trinajstić information content (AvgIpc) is 3.19. The highest BCUT2D eigenvalue weighted by Gasteiger charge is 2.29. The van der Waals surface area contributed by atoms with Crippen molar-refractivity contribution in [1.29, 1.82) is 0 Å². The second-order valence-electron chi connectivity index (χ2n) is 4.59. The van der Waals surface area contributed by atoms with Crippen LogP contribution in [0, 0.1) is 0 Å². The first-order chi connectivity index (χ1) is 10.1. The van der Waals surface area contributed by atoms with Gasteiger partial charge in [0, 0.05) is 48.0 Å². The largest absolute Gasteiger partial charge is 0.345 e. The van der Waals surface area contributed by atoms with Crippen molar-refractivity contribution in [3.8, 4) is 0 Å². The van der Waals surface area contributed by atoms with Crippen LogP contribution in [0.25, 0.3) is 0 Å². The predicted octanol–water partition coefficient (Wildman–Crippen LogP) is 2.45. The van der Waals surface area contributed by atoms with Gasteiger partial charge in [0.1, 0.15) is 0 Å². The van der Waals surface area contributed by atoms with E-state index in [2.05, 4.69) is 9.88 Å². The molecule has 1 aliphatic heterocycles. The second-order valence-corrected chi connectivity index (χ2v) is 8.66. The Balaban J connectivity index is 1.71. The fourth-order valence-corrected chi connectivity index (χ4v) is 5.70. The third kappa shape index (κ3) is 3.09. The molecule has 3 rings (SSSR count). The minimum atomic E-state index is -3.40. The summed E-state index contributed by atoms with van der Waals surface area (Å²) in [5.41, 5.74) is 0. The molecule has 0 aliphatic carbocycles. The number of aromatic nitrogens is 1. The summed E-state index contributed by atoms with van der Waals surface area (Å²) in [7, 11) is -3.40. The quantitative estimate of drug-likeness (QED) is 0.783. The number of alkyl halides is 1. The van der Waals surface area contributed by atoms with Gasteiger partial charge in [-0.2, -0.15) is 4.31 Å². The van der Waals surface area contributed by atoms with Gasteiger partial charge in [-0.1, -0.05) is 0 Å². The summed E-state index contributed by atoms with van der Waals surface area (Å²) in [6.45, 7) is 2.29. The van der Waals surface area contributed by atoms with Crippen LogP contribution in [-0.4, -0.2) is 43.9 Å². The summed E-state index contributed by atoms with van der Waals surface area (Å²) in [6, 6.07) is 1.67. The lowest BCUT2D eigenvalue weighted by atomic mass is 10.4. The van der Waals surface area contributed by atoms with Crippen LogP contribution in [0.15, 0.2) is 27.9 Å². The molecule has 0 bridgehead atoms. The van der Waals surface area contributed by atoms with Gasteiger partial charge in [-0.05, 0) is 6.07 Å². The molecule has 21 heavy (non-hydrogen) atoms. The summed E-state index contributed by atoms with van der Waals surface area (Å²) < 4.78 is 26.7. The van der Waals surface area contributed by atoms with Crippen LogP contribution < -0.4 is 4.90 Å². The highest BCUT2D eigenvalue weighted by molar-refractivity contribution is 7.89. The van der Waals surface area contributed by atoms with E-state index in [4.69, 9.17) is 11.6 Å². The normalized spacial score (nSPS) is 17.3. The summed E-state index contributed by atoms with van der Waals surface area (Å²) in [4.78, 5) is 7.61. The van der Waals surface area contributed by atoms with E-state index < -0.39 is 10.0 Å². The van der Waals surface area contributed by atoms with Crippen LogP contribution in [0.3, 0.4) is 0 Å². The van der Waals surface area contributed by atoms with Gasteiger partial charge >= 0.3 is 0 Å². The maximum absolute atomic E-state index is 12.6. The summed E-state index contributed by atoms with van der Waals surface area (Å²) in [5.74, 6) is 0.345. The molecule has 0 atom stereocenters. The number of piperazine rings is 1. The van der Waals surface area contributed by atoms with Crippen molar-refractivity contribution >= 4 is 49.4 Å². The first-order valence-corrected chi connectivity index (χ1v) is 10.1. The zero-order chi connectivity index (χ0) is 14.9. The Morgan fingerprint density at radius 2 is 2.00 bits per heavy atom. The Hall–Kier alpha value is -0.670. The monoisotopic (exact) mass is 363 g/mol. The number of halogens is 1. The van der Waals surface area contributed by atoms with Gasteiger partial charge in [0.15, 0.2) is 5.13 Å². The predicted molar refractivity (Wildman–Crippen MR) is 87.0 cm³/mol. The Morgan fingerprint density at radius 3 is 2.57 bits per heavy atom. The molecule has 0 N–H and O–H groups in total. The minimum Gasteiger partial charge on any atom is -0.345 e. The smallest absolute Gasteiger partial charge is 0.244 e. The number of thiazole rings is 1. The molecule has 2 aromatic rings. The summed E-state index contributed by atoms with van der Waals surface area (Å²) in [5, 5.41) is 4.55. The standard InChI is InChI=1S/C12H14ClN3O2S3/c13-8-10-7-11(9-20-10)21(17,18)16-4-2-15(3-5-16)12-14-1-6-19-12/h1,6-7,9H,2-5,8H2. The van der Waals surface area contributed by atoms with E-state index >= 15 is 0 Å². The van der Waals surface area contributed by atoms with Gasteiger partial charge in [0.05, 0.1) is 10.8 Å². The molecule has 0 radical (unpaired) electrons. The van der Waals surface area contributed by atoms with Crippen molar-refractivity contribution in [3.63, 3.8) is 0 Å². The van der Waals surface area contributed by atoms with Crippen molar-refractivity contribution in [2.24, 2.45) is 0 Å². The fourth-order valence-electron chi connectivity index (χ4n) is 2.21. The number of nitrogens with zero attached hydrogens (tertiary/aromatic N) is 3. The van der Waals surface area contributed by atoms with Crippen molar-refractivity contribution in [2.45, 2.75) is 10.8 Å². The minimum absolute atomic E-state index is 0.345. The number of rotatable bonds is 4. The molecule has 0 amide bonds. The molecule has 9 heteroatoms. The number of sulfonamides is 1. The van der Waals surface area contributed by atoms with Crippen molar-refractivity contribution < 1.29 is 8.42 Å². The van der Waals surface area contributed by atoms with Crippen molar-refractivity contribution in [1.82, 2.24) is 9.29 Å². The number of hydrogen-bond donors (Lipinski definition) is 0. The van der Waals surface area contributed by atoms with E-state index in [0.717, 1.165) is 10.0 Å². The second kappa shape index (κ2) is 6.21. The molecule has 2 aromatic heterocycles. The van der Waals surface area contributed by atoms with Gasteiger partial charge in [-0.25, -0.2) is 13.4 Å². The molecule has 1 aliphatic rings. The molecule has 0 saturated carbocycles. The lowest BCUT2D eigenvalue weighted by Crippen LogP contribution is -2.48. The van der Waals surface area contributed by atoms with Crippen LogP contribution in [0.5, 0.6) is 0 Å². The third-order valence-corrected chi connectivity index (χ3v) is 7.57. The van der Waals surface area contributed by atoms with Crippen LogP contribution in [0.4, 0.5) is 5.13 Å². The summed E-state index contributed by atoms with van der Waals surface area (Å²) >= 11 is 8.70. The van der Waals surface area contributed by atoms with E-state index in [9.17, 15) is 8.42 Å². The fraction of sp³-hybridized carbons (Fsp3) is 0.417. The van der Waals surface area contributed by atoms with Crippen LogP contribution in [-0.2, 0) is 15.9 Å². The van der Waals surface area contributed by atoms with Gasteiger partial charge < -0.3 is 4.90 Å². The van der Waals surface area contributed by atoms with E-state index in [1.165, 1.54) is 15.6 Å². The molecular weight excluding hydrogens is 350 g/mol. The highest BCUT2D eigenvalue weighted by atomic mass is 35.5. The molecule has 0 unspecified atom stereocenters. The first-order valence-electron chi connectivity index (χ1n) is 6.39. The van der Waals surface area contributed by atoms with E-state index in [1.807, 2.05) is 5.38 Å². The lowest BCUT2D eigenvalue weighted by molar-refractivity contribution is 0.385. The van der Waals surface area contributed by atoms with Gasteiger partial charge in [0.25, 0.3) is 0 Å². The van der Waals surface area contributed by atoms with Gasteiger partial charge in [-0.15, -0.1) is 34.3 Å². The van der Waals surface area contributed by atoms with E-state index in [0.29, 0.717) is 37.0 Å². The molecule has 0 aromatic carbocycles. The highest BCUT2D eigenvalue weighted by Crippen LogP contribution is 2.26. The van der Waals surface area contributed by atoms with Crippen molar-refractivity contribution in [2.75, 3.05) is 31.1 Å². The Kier molecular flexibility index (Phi) is 4.51. The average molecular weight is 364 g/mol. The molecule has 1 saturated heterocycles. The molecule has 3 heterocycles. The maximum Gasteiger partial charge on any atom is 0.244 e. The van der Waals surface area contributed by atoms with Crippen molar-refractivity contribution in [3.05, 3.63) is 27.9 Å². The van der Waals surface area contributed by atoms with Gasteiger partial charge in [0.2, 0.25) is 10.0 Å². The number of hydrogen-bond acceptors (Lipinski definition) is 6. The Bertz CT molecular complexity index is 691. The Morgan fingerprint density at radius 1 is 1.24 bits per heavy atom. The zero-order valence-electron chi connectivity index (χ0n) is 11.1. The third-order valence-electron chi connectivity index (χ3n) is 3.33. The molecule has 0 spiro atoms. The van der Waals surface area contributed by atoms with Crippen LogP contribution in [0.2, 0.25) is 0 Å². The van der Waals surface area contributed by atoms with Gasteiger partial charge in [-0.3, -0.25) is 0 Å². The van der Waals surface area contributed by atoms with Crippen LogP contribution in [0.1, 0.15) is 4.88 Å². The number of thiophene rings is 1. The molecule has 1 fully saturated rings. The first kappa shape index (κ1) is 15.2. The van der Waals surface area contributed by atoms with E-state index in [1.54, 1.807) is 29.0 Å². The summed E-state index contributed by atoms with van der Waals surface area (Å²) in [6.07, 6.45) is 1.77. The maximum atomic E-state index is 12.6. The van der Waals surface area contributed by atoms with E-state index in [-0.39, 0.29) is 0 Å². The molecule has 114 valence electrons.